The molecule has 1 saturated carbocycles. The third kappa shape index (κ3) is 3.60. The predicted octanol–water partition coefficient (Wildman–Crippen LogP) is 2.79. The number of hydrogen-bond donors (Lipinski definition) is 1. The largest absolute Gasteiger partial charge is 0.392 e. The van der Waals surface area contributed by atoms with Crippen LogP contribution in [0.5, 0.6) is 0 Å². The Bertz CT molecular complexity index is 197. The lowest BCUT2D eigenvalue weighted by atomic mass is 9.69. The zero-order chi connectivity index (χ0) is 11.5. The molecule has 0 aromatic rings. The van der Waals surface area contributed by atoms with Gasteiger partial charge in [-0.1, -0.05) is 20.8 Å². The van der Waals surface area contributed by atoms with Crippen LogP contribution in [-0.2, 0) is 4.79 Å². The van der Waals surface area contributed by atoms with E-state index in [4.69, 9.17) is 0 Å². The average Bonchev–Trinajstić information content (AvgIpc) is 2.17. The lowest BCUT2D eigenvalue weighted by Gasteiger charge is -2.38. The van der Waals surface area contributed by atoms with Crippen molar-refractivity contribution < 1.29 is 9.90 Å². The van der Waals surface area contributed by atoms with Crippen molar-refractivity contribution in [3.05, 3.63) is 0 Å². The maximum absolute atomic E-state index is 10.3. The fraction of sp³-hybridized carbons (Fsp3) is 0.923. The fourth-order valence-electron chi connectivity index (χ4n) is 2.66. The van der Waals surface area contributed by atoms with Crippen LogP contribution in [0.15, 0.2) is 0 Å². The van der Waals surface area contributed by atoms with Crippen LogP contribution in [0.1, 0.15) is 52.9 Å². The van der Waals surface area contributed by atoms with Gasteiger partial charge in [0.1, 0.15) is 6.29 Å². The molecule has 1 rings (SSSR count). The number of hydrogen-bond acceptors (Lipinski definition) is 2. The van der Waals surface area contributed by atoms with Crippen LogP contribution in [0.2, 0.25) is 0 Å². The third-order valence-electron chi connectivity index (χ3n) is 3.88. The summed E-state index contributed by atoms with van der Waals surface area (Å²) in [5.41, 5.74) is 0.389. The summed E-state index contributed by atoms with van der Waals surface area (Å²) >= 11 is 0. The Kier molecular flexibility index (Phi) is 4.32. The molecule has 1 fully saturated rings. The second-order valence-electron chi connectivity index (χ2n) is 5.95. The number of aliphatic hydroxyl groups excluding tert-OH is 1. The quantitative estimate of drug-likeness (QED) is 0.730. The van der Waals surface area contributed by atoms with Crippen molar-refractivity contribution in [1.82, 2.24) is 0 Å². The molecule has 0 saturated heterocycles. The molecule has 1 atom stereocenters. The van der Waals surface area contributed by atoms with Crippen molar-refractivity contribution >= 4 is 6.29 Å². The SMILES string of the molecule is CC(C)(C)C1CCC(C(O)CC=O)CC1. The number of aliphatic hydroxyl groups is 1. The fourth-order valence-corrected chi connectivity index (χ4v) is 2.66. The third-order valence-corrected chi connectivity index (χ3v) is 3.88. The van der Waals surface area contributed by atoms with Crippen molar-refractivity contribution in [3.63, 3.8) is 0 Å². The first kappa shape index (κ1) is 12.7. The molecule has 0 heterocycles. The normalized spacial score (nSPS) is 29.9. The Balaban J connectivity index is 2.39. The van der Waals surface area contributed by atoms with Gasteiger partial charge in [0.25, 0.3) is 0 Å². The molecule has 0 amide bonds. The van der Waals surface area contributed by atoms with E-state index < -0.39 is 6.10 Å². The summed E-state index contributed by atoms with van der Waals surface area (Å²) in [7, 11) is 0. The Labute approximate surface area is 93.1 Å². The van der Waals surface area contributed by atoms with Gasteiger partial charge in [-0.25, -0.2) is 0 Å². The van der Waals surface area contributed by atoms with Crippen LogP contribution < -0.4 is 0 Å². The zero-order valence-corrected chi connectivity index (χ0v) is 10.2. The summed E-state index contributed by atoms with van der Waals surface area (Å²) in [6.07, 6.45) is 5.30. The van der Waals surface area contributed by atoms with E-state index in [2.05, 4.69) is 20.8 Å². The lowest BCUT2D eigenvalue weighted by molar-refractivity contribution is -0.110. The van der Waals surface area contributed by atoms with Gasteiger partial charge in [0, 0.05) is 6.42 Å². The van der Waals surface area contributed by atoms with E-state index >= 15 is 0 Å². The van der Waals surface area contributed by atoms with E-state index in [0.717, 1.165) is 25.0 Å². The molecule has 1 N–H and O–H groups in total. The first-order valence-electron chi connectivity index (χ1n) is 6.07. The van der Waals surface area contributed by atoms with E-state index in [-0.39, 0.29) is 0 Å². The first-order chi connectivity index (χ1) is 6.95. The van der Waals surface area contributed by atoms with Crippen LogP contribution in [0.25, 0.3) is 0 Å². The summed E-state index contributed by atoms with van der Waals surface area (Å²) < 4.78 is 0. The van der Waals surface area contributed by atoms with Crippen molar-refractivity contribution in [1.29, 1.82) is 0 Å². The highest BCUT2D eigenvalue weighted by Crippen LogP contribution is 2.40. The number of aldehydes is 1. The maximum atomic E-state index is 10.3. The van der Waals surface area contributed by atoms with Gasteiger partial charge in [-0.3, -0.25) is 0 Å². The van der Waals surface area contributed by atoms with Gasteiger partial charge in [-0.2, -0.15) is 0 Å². The zero-order valence-electron chi connectivity index (χ0n) is 10.2. The molecule has 0 aromatic carbocycles. The summed E-state index contributed by atoms with van der Waals surface area (Å²) in [6.45, 7) is 6.87. The minimum absolute atomic E-state index is 0.310. The molecular formula is C13H24O2. The Morgan fingerprint density at radius 1 is 1.27 bits per heavy atom. The Morgan fingerprint density at radius 3 is 2.20 bits per heavy atom. The van der Waals surface area contributed by atoms with E-state index in [1.165, 1.54) is 12.8 Å². The van der Waals surface area contributed by atoms with Crippen LogP contribution in [-0.4, -0.2) is 17.5 Å². The van der Waals surface area contributed by atoms with Crippen molar-refractivity contribution in [2.24, 2.45) is 17.3 Å². The van der Waals surface area contributed by atoms with Gasteiger partial charge >= 0.3 is 0 Å². The molecule has 0 radical (unpaired) electrons. The molecule has 2 nitrogen and oxygen atoms in total. The number of carbonyl (C=O) groups excluding carboxylic acids is 1. The van der Waals surface area contributed by atoms with E-state index in [0.29, 0.717) is 17.8 Å². The molecule has 1 aliphatic carbocycles. The summed E-state index contributed by atoms with van der Waals surface area (Å²) in [4.78, 5) is 10.3. The second kappa shape index (κ2) is 5.11. The molecule has 0 aliphatic heterocycles. The topological polar surface area (TPSA) is 37.3 Å². The van der Waals surface area contributed by atoms with Crippen LogP contribution >= 0.6 is 0 Å². The van der Waals surface area contributed by atoms with E-state index in [9.17, 15) is 9.90 Å². The first-order valence-corrected chi connectivity index (χ1v) is 6.07. The minimum atomic E-state index is -0.400. The van der Waals surface area contributed by atoms with Gasteiger partial charge < -0.3 is 9.90 Å². The van der Waals surface area contributed by atoms with Gasteiger partial charge in [0.2, 0.25) is 0 Å². The molecule has 0 spiro atoms. The molecule has 0 aromatic heterocycles. The number of carbonyl (C=O) groups is 1. The monoisotopic (exact) mass is 212 g/mol. The van der Waals surface area contributed by atoms with Crippen molar-refractivity contribution in [2.45, 2.75) is 59.0 Å². The highest BCUT2D eigenvalue weighted by Gasteiger charge is 2.31. The van der Waals surface area contributed by atoms with Crippen LogP contribution in [0.3, 0.4) is 0 Å². The van der Waals surface area contributed by atoms with Crippen molar-refractivity contribution in [3.8, 4) is 0 Å². The van der Waals surface area contributed by atoms with Crippen LogP contribution in [0.4, 0.5) is 0 Å². The van der Waals surface area contributed by atoms with E-state index in [1.807, 2.05) is 0 Å². The van der Waals surface area contributed by atoms with Gasteiger partial charge in [-0.05, 0) is 42.9 Å². The second-order valence-corrected chi connectivity index (χ2v) is 5.95. The van der Waals surface area contributed by atoms with Crippen LogP contribution in [0, 0.1) is 17.3 Å². The molecule has 88 valence electrons. The number of rotatable bonds is 3. The molecule has 1 aliphatic rings. The highest BCUT2D eigenvalue weighted by molar-refractivity contribution is 5.50. The van der Waals surface area contributed by atoms with E-state index in [1.54, 1.807) is 0 Å². The summed E-state index contributed by atoms with van der Waals surface area (Å²) in [6, 6.07) is 0. The standard InChI is InChI=1S/C13H24O2/c1-13(2,3)11-6-4-10(5-7-11)12(15)8-9-14/h9-12,15H,4-8H2,1-3H3. The van der Waals surface area contributed by atoms with Crippen molar-refractivity contribution in [2.75, 3.05) is 0 Å². The molecule has 15 heavy (non-hydrogen) atoms. The molecular weight excluding hydrogens is 188 g/mol. The average molecular weight is 212 g/mol. The summed E-state index contributed by atoms with van der Waals surface area (Å²) in [5, 5.41) is 9.73. The highest BCUT2D eigenvalue weighted by atomic mass is 16.3. The Hall–Kier alpha value is -0.370. The van der Waals surface area contributed by atoms with Gasteiger partial charge in [0.05, 0.1) is 6.10 Å². The van der Waals surface area contributed by atoms with Gasteiger partial charge in [0.15, 0.2) is 0 Å². The maximum Gasteiger partial charge on any atom is 0.122 e. The smallest absolute Gasteiger partial charge is 0.122 e. The molecule has 2 heteroatoms. The van der Waals surface area contributed by atoms with Gasteiger partial charge in [-0.15, -0.1) is 0 Å². The lowest BCUT2D eigenvalue weighted by Crippen LogP contribution is -2.30. The minimum Gasteiger partial charge on any atom is -0.392 e. The molecule has 1 unspecified atom stereocenters. The molecule has 0 bridgehead atoms. The Morgan fingerprint density at radius 2 is 1.80 bits per heavy atom. The predicted molar refractivity (Wildman–Crippen MR) is 61.6 cm³/mol. The summed E-state index contributed by atoms with van der Waals surface area (Å²) in [5.74, 6) is 1.13.